The fraction of sp³-hybridized carbons (Fsp3) is 0.971. The first-order chi connectivity index (χ1) is 17.7. The van der Waals surface area contributed by atoms with Crippen molar-refractivity contribution >= 4 is 5.97 Å². The number of hydrogen-bond acceptors (Lipinski definition) is 2. The highest BCUT2D eigenvalue weighted by Gasteiger charge is 2.17. The lowest BCUT2D eigenvalue weighted by molar-refractivity contribution is -0.149. The maximum absolute atomic E-state index is 12.5. The second-order valence-electron chi connectivity index (χ2n) is 11.8. The lowest BCUT2D eigenvalue weighted by atomic mass is 9.94. The van der Waals surface area contributed by atoms with Crippen molar-refractivity contribution in [3.8, 4) is 0 Å². The number of carbonyl (C=O) groups excluding carboxylic acids is 1. The molecule has 0 saturated heterocycles. The first kappa shape index (κ1) is 35.5. The summed E-state index contributed by atoms with van der Waals surface area (Å²) < 4.78 is 5.84. The van der Waals surface area contributed by atoms with Crippen molar-refractivity contribution in [1.82, 2.24) is 0 Å². The maximum Gasteiger partial charge on any atom is 0.308 e. The van der Waals surface area contributed by atoms with Gasteiger partial charge in [-0.1, -0.05) is 175 Å². The van der Waals surface area contributed by atoms with Crippen molar-refractivity contribution < 1.29 is 9.53 Å². The summed E-state index contributed by atoms with van der Waals surface area (Å²) in [4.78, 5) is 12.5. The van der Waals surface area contributed by atoms with Crippen LogP contribution in [-0.2, 0) is 9.53 Å². The van der Waals surface area contributed by atoms with Crippen LogP contribution in [0.25, 0.3) is 0 Å². The average molecular weight is 509 g/mol. The van der Waals surface area contributed by atoms with Crippen molar-refractivity contribution in [3.05, 3.63) is 0 Å². The highest BCUT2D eigenvalue weighted by molar-refractivity contribution is 5.71. The zero-order chi connectivity index (χ0) is 26.5. The van der Waals surface area contributed by atoms with Crippen LogP contribution in [0.3, 0.4) is 0 Å². The molecule has 0 aliphatic rings. The maximum atomic E-state index is 12.5. The van der Waals surface area contributed by atoms with Crippen molar-refractivity contribution in [1.29, 1.82) is 0 Å². The van der Waals surface area contributed by atoms with E-state index in [2.05, 4.69) is 27.7 Å². The molecule has 0 fully saturated rings. The van der Waals surface area contributed by atoms with Gasteiger partial charge < -0.3 is 4.74 Å². The molecule has 0 N–H and O–H groups in total. The number of carbonyl (C=O) groups is 1. The molecule has 2 nitrogen and oxygen atoms in total. The van der Waals surface area contributed by atoms with Gasteiger partial charge in [-0.15, -0.1) is 0 Å². The summed E-state index contributed by atoms with van der Waals surface area (Å²) in [5.74, 6) is 0.675. The third kappa shape index (κ3) is 25.1. The standard InChI is InChI=1S/C34H68O2/c1-5-8-11-13-15-17-18-19-20-22-24-27-30-33(29-26-23-21-16-14-12-9-6-2)31-36-34(35)32(4)28-25-10-7-3/h32-33H,5-31H2,1-4H3. The zero-order valence-corrected chi connectivity index (χ0v) is 25.6. The van der Waals surface area contributed by atoms with E-state index in [1.165, 1.54) is 154 Å². The van der Waals surface area contributed by atoms with Crippen LogP contribution in [0.5, 0.6) is 0 Å². The second-order valence-corrected chi connectivity index (χ2v) is 11.8. The van der Waals surface area contributed by atoms with E-state index < -0.39 is 0 Å². The van der Waals surface area contributed by atoms with Crippen LogP contribution in [0.4, 0.5) is 0 Å². The Morgan fingerprint density at radius 1 is 0.472 bits per heavy atom. The summed E-state index contributed by atoms with van der Waals surface area (Å²) in [5, 5.41) is 0. The monoisotopic (exact) mass is 509 g/mol. The van der Waals surface area contributed by atoms with Crippen molar-refractivity contribution in [3.63, 3.8) is 0 Å². The van der Waals surface area contributed by atoms with Crippen LogP contribution >= 0.6 is 0 Å². The van der Waals surface area contributed by atoms with Crippen LogP contribution in [0, 0.1) is 11.8 Å². The number of unbranched alkanes of at least 4 members (excludes halogenated alkanes) is 20. The van der Waals surface area contributed by atoms with Crippen LogP contribution in [0.15, 0.2) is 0 Å². The molecule has 2 unspecified atom stereocenters. The van der Waals surface area contributed by atoms with E-state index >= 15 is 0 Å². The van der Waals surface area contributed by atoms with Gasteiger partial charge in [-0.3, -0.25) is 4.79 Å². The summed E-state index contributed by atoms with van der Waals surface area (Å²) in [6.45, 7) is 9.51. The normalized spacial score (nSPS) is 13.1. The van der Waals surface area contributed by atoms with Gasteiger partial charge in [0.2, 0.25) is 0 Å². The highest BCUT2D eigenvalue weighted by atomic mass is 16.5. The summed E-state index contributed by atoms with van der Waals surface area (Å²) in [6, 6.07) is 0. The van der Waals surface area contributed by atoms with E-state index in [4.69, 9.17) is 4.74 Å². The first-order valence-corrected chi connectivity index (χ1v) is 16.8. The molecule has 2 atom stereocenters. The Bertz CT molecular complexity index is 433. The number of rotatable bonds is 29. The van der Waals surface area contributed by atoms with Gasteiger partial charge >= 0.3 is 5.97 Å². The quantitative estimate of drug-likeness (QED) is 0.0741. The Balaban J connectivity index is 4.06. The molecule has 0 radical (unpaired) electrons. The van der Waals surface area contributed by atoms with Crippen LogP contribution < -0.4 is 0 Å². The lowest BCUT2D eigenvalue weighted by Crippen LogP contribution is -2.19. The molecular weight excluding hydrogens is 440 g/mol. The lowest BCUT2D eigenvalue weighted by Gasteiger charge is -2.19. The van der Waals surface area contributed by atoms with E-state index in [1.807, 2.05) is 0 Å². The minimum atomic E-state index is 0.0433. The molecule has 216 valence electrons. The van der Waals surface area contributed by atoms with Gasteiger partial charge in [-0.25, -0.2) is 0 Å². The summed E-state index contributed by atoms with van der Waals surface area (Å²) in [6.07, 6.45) is 34.8. The largest absolute Gasteiger partial charge is 0.465 e. The Labute approximate surface area is 228 Å². The molecule has 0 spiro atoms. The second kappa shape index (κ2) is 29.0. The van der Waals surface area contributed by atoms with E-state index in [0.717, 1.165) is 12.8 Å². The fourth-order valence-electron chi connectivity index (χ4n) is 5.31. The third-order valence-electron chi connectivity index (χ3n) is 8.04. The molecular formula is C34H68O2. The fourth-order valence-corrected chi connectivity index (χ4v) is 5.31. The van der Waals surface area contributed by atoms with Crippen molar-refractivity contribution in [2.24, 2.45) is 11.8 Å². The van der Waals surface area contributed by atoms with Crippen LogP contribution in [0.1, 0.15) is 195 Å². The first-order valence-electron chi connectivity index (χ1n) is 16.8. The molecule has 2 heteroatoms. The van der Waals surface area contributed by atoms with Gasteiger partial charge in [0.15, 0.2) is 0 Å². The third-order valence-corrected chi connectivity index (χ3v) is 8.04. The molecule has 0 aliphatic carbocycles. The Morgan fingerprint density at radius 3 is 1.17 bits per heavy atom. The summed E-state index contributed by atoms with van der Waals surface area (Å²) in [5.41, 5.74) is 0. The molecule has 0 amide bonds. The molecule has 0 heterocycles. The Kier molecular flexibility index (Phi) is 28.6. The van der Waals surface area contributed by atoms with E-state index in [9.17, 15) is 4.79 Å². The summed E-state index contributed by atoms with van der Waals surface area (Å²) >= 11 is 0. The SMILES string of the molecule is CCCCCCCCCCCCCCC(CCCCCCCCCC)COC(=O)C(C)CCCCC. The number of ether oxygens (including phenoxy) is 1. The van der Waals surface area contributed by atoms with E-state index in [0.29, 0.717) is 12.5 Å². The predicted molar refractivity (Wildman–Crippen MR) is 161 cm³/mol. The van der Waals surface area contributed by atoms with Crippen LogP contribution in [0.2, 0.25) is 0 Å². The molecule has 0 rings (SSSR count). The van der Waals surface area contributed by atoms with E-state index in [-0.39, 0.29) is 11.9 Å². The van der Waals surface area contributed by atoms with Gasteiger partial charge in [0.05, 0.1) is 12.5 Å². The molecule has 0 aliphatic heterocycles. The molecule has 0 aromatic rings. The predicted octanol–water partition coefficient (Wildman–Crippen LogP) is 12.0. The van der Waals surface area contributed by atoms with E-state index in [1.54, 1.807) is 0 Å². The smallest absolute Gasteiger partial charge is 0.308 e. The minimum Gasteiger partial charge on any atom is -0.465 e. The number of hydrogen-bond donors (Lipinski definition) is 0. The van der Waals surface area contributed by atoms with Gasteiger partial charge in [-0.05, 0) is 25.2 Å². The van der Waals surface area contributed by atoms with Gasteiger partial charge in [0.1, 0.15) is 0 Å². The Hall–Kier alpha value is -0.530. The zero-order valence-electron chi connectivity index (χ0n) is 25.6. The van der Waals surface area contributed by atoms with Gasteiger partial charge in [0, 0.05) is 0 Å². The van der Waals surface area contributed by atoms with Crippen molar-refractivity contribution in [2.45, 2.75) is 195 Å². The molecule has 0 saturated carbocycles. The van der Waals surface area contributed by atoms with Crippen LogP contribution in [-0.4, -0.2) is 12.6 Å². The number of esters is 1. The van der Waals surface area contributed by atoms with Gasteiger partial charge in [0.25, 0.3) is 0 Å². The molecule has 0 aromatic carbocycles. The minimum absolute atomic E-state index is 0.0433. The summed E-state index contributed by atoms with van der Waals surface area (Å²) in [7, 11) is 0. The van der Waals surface area contributed by atoms with Crippen molar-refractivity contribution in [2.75, 3.05) is 6.61 Å². The average Bonchev–Trinajstić information content (AvgIpc) is 2.88. The molecule has 0 aromatic heterocycles. The molecule has 0 bridgehead atoms. The molecule has 36 heavy (non-hydrogen) atoms. The van der Waals surface area contributed by atoms with Gasteiger partial charge in [-0.2, -0.15) is 0 Å². The highest BCUT2D eigenvalue weighted by Crippen LogP contribution is 2.21. The topological polar surface area (TPSA) is 26.3 Å². The Morgan fingerprint density at radius 2 is 0.778 bits per heavy atom.